The fourth-order valence-electron chi connectivity index (χ4n) is 3.89. The Morgan fingerprint density at radius 2 is 1.00 bits per heavy atom. The van der Waals surface area contributed by atoms with Crippen molar-refractivity contribution < 1.29 is 0 Å². The molecule has 144 valence electrons. The van der Waals surface area contributed by atoms with Crippen LogP contribution in [0.25, 0.3) is 0 Å². The van der Waals surface area contributed by atoms with Gasteiger partial charge in [0.2, 0.25) is 0 Å². The van der Waals surface area contributed by atoms with Gasteiger partial charge in [-0.25, -0.2) is 0 Å². The molecule has 0 saturated heterocycles. The van der Waals surface area contributed by atoms with Gasteiger partial charge in [-0.3, -0.25) is 0 Å². The molecule has 4 aromatic carbocycles. The molecule has 0 aliphatic carbocycles. The third-order valence-corrected chi connectivity index (χ3v) is 9.49. The lowest BCUT2D eigenvalue weighted by molar-refractivity contribution is 0.891. The second-order valence-corrected chi connectivity index (χ2v) is 11.3. The van der Waals surface area contributed by atoms with Gasteiger partial charge in [0.1, 0.15) is 0 Å². The summed E-state index contributed by atoms with van der Waals surface area (Å²) in [6.07, 6.45) is 1.06. The molecular weight excluding hydrogens is 369 g/mol. The van der Waals surface area contributed by atoms with Crippen molar-refractivity contribution in [2.24, 2.45) is 0 Å². The van der Waals surface area contributed by atoms with E-state index in [0.29, 0.717) is 0 Å². The molecule has 0 heterocycles. The Hall–Kier alpha value is -2.89. The Bertz CT molecular complexity index is 962. The normalized spacial score (nSPS) is 12.3. The van der Waals surface area contributed by atoms with E-state index in [0.717, 1.165) is 11.8 Å². The molecule has 29 heavy (non-hydrogen) atoms. The van der Waals surface area contributed by atoms with Crippen LogP contribution < -0.4 is 15.9 Å². The maximum Gasteiger partial charge on any atom is 0.0989 e. The molecule has 1 N–H and O–H groups in total. The van der Waals surface area contributed by atoms with Gasteiger partial charge in [-0.1, -0.05) is 84.9 Å². The minimum absolute atomic E-state index is 0.234. The highest BCUT2D eigenvalue weighted by atomic mass is 31.2. The predicted molar refractivity (Wildman–Crippen MR) is 129 cm³/mol. The second kappa shape index (κ2) is 9.07. The highest BCUT2D eigenvalue weighted by molar-refractivity contribution is 7.88. The predicted octanol–water partition coefficient (Wildman–Crippen LogP) is 6.14. The summed E-state index contributed by atoms with van der Waals surface area (Å²) in [5.74, 6) is 0. The average Bonchev–Trinajstić information content (AvgIpc) is 2.81. The lowest BCUT2D eigenvalue weighted by atomic mass is 10.1. The van der Waals surface area contributed by atoms with Gasteiger partial charge in [-0.05, 0) is 42.0 Å². The van der Waals surface area contributed by atoms with E-state index in [9.17, 15) is 0 Å². The Morgan fingerprint density at radius 3 is 1.48 bits per heavy atom. The van der Waals surface area contributed by atoms with Crippen LogP contribution in [0.2, 0.25) is 0 Å². The van der Waals surface area contributed by atoms with Crippen LogP contribution in [0.4, 0.5) is 5.69 Å². The second-order valence-electron chi connectivity index (χ2n) is 7.52. The lowest BCUT2D eigenvalue weighted by Gasteiger charge is -2.29. The van der Waals surface area contributed by atoms with Crippen molar-refractivity contribution in [1.82, 2.24) is 0 Å². The first-order valence-corrected chi connectivity index (χ1v) is 12.5. The van der Waals surface area contributed by atoms with Crippen molar-refractivity contribution >= 4 is 23.6 Å². The lowest BCUT2D eigenvalue weighted by Crippen LogP contribution is -2.29. The van der Waals surface area contributed by atoms with Crippen molar-refractivity contribution in [3.05, 3.63) is 127 Å². The molecular formula is C27H27NP+. The molecule has 0 amide bonds. The van der Waals surface area contributed by atoms with Gasteiger partial charge in [0.05, 0.1) is 36.7 Å². The molecule has 0 saturated carbocycles. The van der Waals surface area contributed by atoms with Crippen molar-refractivity contribution in [2.75, 3.05) is 18.1 Å². The number of anilines is 1. The smallest absolute Gasteiger partial charge is 0.0989 e. The van der Waals surface area contributed by atoms with Gasteiger partial charge in [0.15, 0.2) is 0 Å². The zero-order valence-corrected chi connectivity index (χ0v) is 17.7. The molecule has 4 rings (SSSR count). The molecule has 0 radical (unpaired) electrons. The molecule has 0 aliphatic rings. The topological polar surface area (TPSA) is 12.0 Å². The quantitative estimate of drug-likeness (QED) is 0.370. The summed E-state index contributed by atoms with van der Waals surface area (Å²) in [7, 11) is -1.60. The summed E-state index contributed by atoms with van der Waals surface area (Å²) in [5.41, 5.74) is 2.49. The molecule has 1 unspecified atom stereocenters. The Labute approximate surface area is 174 Å². The van der Waals surface area contributed by atoms with Crippen LogP contribution in [-0.2, 0) is 0 Å². The van der Waals surface area contributed by atoms with E-state index in [1.165, 1.54) is 16.2 Å². The van der Waals surface area contributed by atoms with E-state index in [-0.39, 0.29) is 6.04 Å². The molecule has 4 aromatic rings. The van der Waals surface area contributed by atoms with E-state index in [1.54, 1.807) is 0 Å². The van der Waals surface area contributed by atoms with Crippen molar-refractivity contribution in [3.63, 3.8) is 0 Å². The van der Waals surface area contributed by atoms with E-state index >= 15 is 0 Å². The molecule has 0 bridgehead atoms. The van der Waals surface area contributed by atoms with Crippen molar-refractivity contribution in [1.29, 1.82) is 0 Å². The summed E-state index contributed by atoms with van der Waals surface area (Å²) < 4.78 is 0. The van der Waals surface area contributed by atoms with Crippen LogP contribution in [-0.4, -0.2) is 12.8 Å². The summed E-state index contributed by atoms with van der Waals surface area (Å²) in [5, 5.41) is 6.71. The zero-order chi connectivity index (χ0) is 19.9. The third-order valence-electron chi connectivity index (χ3n) is 5.52. The monoisotopic (exact) mass is 396 g/mol. The van der Waals surface area contributed by atoms with Crippen LogP contribution in [0, 0.1) is 0 Å². The molecule has 1 nitrogen and oxygen atoms in total. The molecule has 0 fully saturated rings. The van der Waals surface area contributed by atoms with Gasteiger partial charge in [0, 0.05) is 5.69 Å². The van der Waals surface area contributed by atoms with E-state index < -0.39 is 7.26 Å². The first-order valence-electron chi connectivity index (χ1n) is 10.1. The number of nitrogens with one attached hydrogen (secondary N) is 1. The van der Waals surface area contributed by atoms with Gasteiger partial charge >= 0.3 is 0 Å². The Balaban J connectivity index is 1.76. The average molecular weight is 396 g/mol. The Kier molecular flexibility index (Phi) is 6.08. The van der Waals surface area contributed by atoms with Gasteiger partial charge in [-0.15, -0.1) is 0 Å². The SMILES string of the molecule is C[P+](CC(Nc1ccccc1)c1ccccc1)(c1ccccc1)c1ccccc1. The first-order chi connectivity index (χ1) is 14.3. The molecule has 0 aromatic heterocycles. The number of para-hydroxylation sites is 1. The van der Waals surface area contributed by atoms with Crippen molar-refractivity contribution in [3.8, 4) is 0 Å². The maximum atomic E-state index is 3.82. The molecule has 1 atom stereocenters. The standard InChI is InChI=1S/C27H27NP/c1-29(25-18-10-4-11-19-25,26-20-12-5-13-21-26)22-27(23-14-6-2-7-15-23)28-24-16-8-3-9-17-24/h2-21,27-28H,22H2,1H3/q+1. The minimum atomic E-state index is -1.60. The van der Waals surface area contributed by atoms with Crippen LogP contribution in [0.5, 0.6) is 0 Å². The van der Waals surface area contributed by atoms with E-state index in [4.69, 9.17) is 0 Å². The van der Waals surface area contributed by atoms with Crippen LogP contribution in [0.15, 0.2) is 121 Å². The van der Waals surface area contributed by atoms with Crippen molar-refractivity contribution in [2.45, 2.75) is 6.04 Å². The molecule has 0 aliphatic heterocycles. The minimum Gasteiger partial charge on any atom is -0.375 e. The first kappa shape index (κ1) is 19.4. The molecule has 0 spiro atoms. The Morgan fingerprint density at radius 1 is 0.586 bits per heavy atom. The van der Waals surface area contributed by atoms with Gasteiger partial charge < -0.3 is 5.32 Å². The van der Waals surface area contributed by atoms with Gasteiger partial charge in [-0.2, -0.15) is 0 Å². The number of benzene rings is 4. The molecule has 2 heteroatoms. The highest BCUT2D eigenvalue weighted by Gasteiger charge is 2.40. The number of hydrogen-bond donors (Lipinski definition) is 1. The van der Waals surface area contributed by atoms with E-state index in [2.05, 4.69) is 133 Å². The summed E-state index contributed by atoms with van der Waals surface area (Å²) >= 11 is 0. The zero-order valence-electron chi connectivity index (χ0n) is 16.8. The summed E-state index contributed by atoms with van der Waals surface area (Å²) in [4.78, 5) is 0. The summed E-state index contributed by atoms with van der Waals surface area (Å²) in [6, 6.07) is 43.7. The van der Waals surface area contributed by atoms with Crippen LogP contribution in [0.3, 0.4) is 0 Å². The number of rotatable bonds is 7. The maximum absolute atomic E-state index is 3.82. The van der Waals surface area contributed by atoms with Crippen LogP contribution >= 0.6 is 7.26 Å². The van der Waals surface area contributed by atoms with Crippen LogP contribution in [0.1, 0.15) is 11.6 Å². The fourth-order valence-corrected chi connectivity index (χ4v) is 7.31. The van der Waals surface area contributed by atoms with Gasteiger partial charge in [0.25, 0.3) is 0 Å². The highest BCUT2D eigenvalue weighted by Crippen LogP contribution is 2.55. The third kappa shape index (κ3) is 4.58. The summed E-state index contributed by atoms with van der Waals surface area (Å²) in [6.45, 7) is 2.47. The number of hydrogen-bond acceptors (Lipinski definition) is 1. The largest absolute Gasteiger partial charge is 0.375 e. The van der Waals surface area contributed by atoms with E-state index in [1.807, 2.05) is 0 Å². The fraction of sp³-hybridized carbons (Fsp3) is 0.111.